The number of amides is 2. The average Bonchev–Trinajstić information content (AvgIpc) is 3.43. The molecule has 0 bridgehead atoms. The van der Waals surface area contributed by atoms with Crippen molar-refractivity contribution in [1.29, 1.82) is 0 Å². The zero-order chi connectivity index (χ0) is 31.3. The summed E-state index contributed by atoms with van der Waals surface area (Å²) in [4.78, 5) is 52.9. The summed E-state index contributed by atoms with van der Waals surface area (Å²) in [6.07, 6.45) is -0.869. The number of benzene rings is 2. The fourth-order valence-corrected chi connectivity index (χ4v) is 7.69. The van der Waals surface area contributed by atoms with Gasteiger partial charge < -0.3 is 25.5 Å². The van der Waals surface area contributed by atoms with Gasteiger partial charge in [-0.1, -0.05) is 13.0 Å². The van der Waals surface area contributed by atoms with Crippen molar-refractivity contribution in [2.45, 2.75) is 50.3 Å². The lowest BCUT2D eigenvalue weighted by Gasteiger charge is -2.46. The lowest BCUT2D eigenvalue weighted by molar-refractivity contribution is -0.163. The maximum absolute atomic E-state index is 14.6. The van der Waals surface area contributed by atoms with Crippen LogP contribution in [0.2, 0.25) is 0 Å². The van der Waals surface area contributed by atoms with Crippen molar-refractivity contribution in [2.75, 3.05) is 11.9 Å². The van der Waals surface area contributed by atoms with Gasteiger partial charge in [0.1, 0.15) is 23.1 Å². The molecule has 2 saturated heterocycles. The molecule has 2 amide bonds. The van der Waals surface area contributed by atoms with Gasteiger partial charge in [0, 0.05) is 52.5 Å². The summed E-state index contributed by atoms with van der Waals surface area (Å²) in [5.74, 6) is -8.14. The van der Waals surface area contributed by atoms with Crippen LogP contribution in [-0.2, 0) is 20.9 Å². The molecular formula is C29H28F3N3O7S. The van der Waals surface area contributed by atoms with E-state index in [1.54, 1.807) is 6.92 Å². The second-order valence-electron chi connectivity index (χ2n) is 10.9. The van der Waals surface area contributed by atoms with E-state index in [0.717, 1.165) is 11.8 Å². The van der Waals surface area contributed by atoms with E-state index < -0.39 is 88.6 Å². The number of hydrogen-bond acceptors (Lipinski definition) is 7. The van der Waals surface area contributed by atoms with Gasteiger partial charge in [-0.05, 0) is 31.5 Å². The number of aliphatic hydroxyl groups is 1. The quantitative estimate of drug-likeness (QED) is 0.311. The molecule has 4 N–H and O–H groups in total. The lowest BCUT2D eigenvalue weighted by atomic mass is 9.79. The molecule has 0 saturated carbocycles. The number of carbonyl (C=O) groups excluding carboxylic acids is 2. The highest BCUT2D eigenvalue weighted by atomic mass is 32.2. The van der Waals surface area contributed by atoms with E-state index in [1.807, 2.05) is 0 Å². The molecule has 2 aromatic rings. The predicted octanol–water partition coefficient (Wildman–Crippen LogP) is 3.27. The largest absolute Gasteiger partial charge is 0.478 e. The van der Waals surface area contributed by atoms with E-state index in [2.05, 4.69) is 5.32 Å². The Bertz CT molecular complexity index is 1530. The molecule has 0 unspecified atom stereocenters. The Morgan fingerprint density at radius 3 is 2.37 bits per heavy atom. The summed E-state index contributed by atoms with van der Waals surface area (Å²) < 4.78 is 42.8. The van der Waals surface area contributed by atoms with Gasteiger partial charge in [0.25, 0.3) is 0 Å². The third-order valence-corrected chi connectivity index (χ3v) is 9.61. The standard InChI is InChI=1S/C29H28F3N3O7S/c1-12-23-22(13(2)36)27(38)35(23)24(29(41)42)25(12)43-17-9-21(26(37)33-16-5-3-4-14(6-16)28(39)40)34(10-17)11-18-19(31)7-15(30)8-20(18)32/h3-8,12-13,17,21-23,36H,9-11H2,1-2H3,(H,33,37)(H,39,40)(H,41,42)/t12-,13-,17+,21+,22-,23-/m1/s1. The summed E-state index contributed by atoms with van der Waals surface area (Å²) in [5, 5.41) is 31.6. The van der Waals surface area contributed by atoms with Crippen LogP contribution in [0.15, 0.2) is 47.0 Å². The number of nitrogens with zero attached hydrogens (tertiary/aromatic N) is 2. The minimum absolute atomic E-state index is 0.0667. The number of fused-ring (bicyclic) bond motifs is 1. The van der Waals surface area contributed by atoms with E-state index in [4.69, 9.17) is 0 Å². The van der Waals surface area contributed by atoms with Crippen LogP contribution in [0.5, 0.6) is 0 Å². The van der Waals surface area contributed by atoms with E-state index >= 15 is 0 Å². The highest BCUT2D eigenvalue weighted by Gasteiger charge is 2.60. The minimum Gasteiger partial charge on any atom is -0.478 e. The molecule has 6 atom stereocenters. The van der Waals surface area contributed by atoms with Crippen molar-refractivity contribution >= 4 is 41.2 Å². The average molecular weight is 620 g/mol. The van der Waals surface area contributed by atoms with Gasteiger partial charge >= 0.3 is 11.9 Å². The molecule has 0 aliphatic carbocycles. The summed E-state index contributed by atoms with van der Waals surface area (Å²) in [6.45, 7) is 2.90. The van der Waals surface area contributed by atoms with Crippen LogP contribution in [0.4, 0.5) is 18.9 Å². The van der Waals surface area contributed by atoms with E-state index in [1.165, 1.54) is 41.0 Å². The van der Waals surface area contributed by atoms with Crippen molar-refractivity contribution in [2.24, 2.45) is 11.8 Å². The molecule has 43 heavy (non-hydrogen) atoms. The number of nitrogens with one attached hydrogen (secondary N) is 1. The van der Waals surface area contributed by atoms with Gasteiger partial charge in [-0.2, -0.15) is 0 Å². The molecule has 228 valence electrons. The van der Waals surface area contributed by atoms with Crippen molar-refractivity contribution in [3.8, 4) is 0 Å². The number of hydrogen-bond donors (Lipinski definition) is 4. The monoisotopic (exact) mass is 619 g/mol. The van der Waals surface area contributed by atoms with E-state index in [-0.39, 0.29) is 29.9 Å². The zero-order valence-corrected chi connectivity index (χ0v) is 23.8. The Labute approximate surface area is 248 Å². The number of aliphatic carboxylic acids is 1. The third-order valence-electron chi connectivity index (χ3n) is 8.12. The topological polar surface area (TPSA) is 147 Å². The van der Waals surface area contributed by atoms with Crippen LogP contribution in [-0.4, -0.2) is 78.9 Å². The van der Waals surface area contributed by atoms with E-state index in [9.17, 15) is 47.7 Å². The molecule has 0 radical (unpaired) electrons. The molecule has 3 heterocycles. The lowest BCUT2D eigenvalue weighted by Crippen LogP contribution is -2.63. The van der Waals surface area contributed by atoms with Crippen molar-refractivity contribution in [1.82, 2.24) is 9.80 Å². The van der Waals surface area contributed by atoms with Crippen LogP contribution in [0, 0.1) is 29.3 Å². The first-order valence-electron chi connectivity index (χ1n) is 13.4. The minimum atomic E-state index is -1.31. The van der Waals surface area contributed by atoms with Crippen LogP contribution >= 0.6 is 11.8 Å². The van der Waals surface area contributed by atoms with E-state index in [0.29, 0.717) is 17.0 Å². The second-order valence-corrected chi connectivity index (χ2v) is 12.3. The Balaban J connectivity index is 1.43. The van der Waals surface area contributed by atoms with Crippen molar-refractivity contribution in [3.63, 3.8) is 0 Å². The highest BCUT2D eigenvalue weighted by Crippen LogP contribution is 2.52. The number of likely N-dealkylation sites (tertiary alicyclic amines) is 1. The summed E-state index contributed by atoms with van der Waals surface area (Å²) >= 11 is 1.16. The first-order chi connectivity index (χ1) is 20.3. The number of β-lactam (4-membered cyclic amide) rings is 1. The fraction of sp³-hybridized carbons (Fsp3) is 0.379. The van der Waals surface area contributed by atoms with Crippen LogP contribution < -0.4 is 5.32 Å². The smallest absolute Gasteiger partial charge is 0.353 e. The van der Waals surface area contributed by atoms with Gasteiger partial charge in [0.2, 0.25) is 11.8 Å². The maximum Gasteiger partial charge on any atom is 0.353 e. The fourth-order valence-electron chi connectivity index (χ4n) is 6.13. The number of aliphatic hydroxyl groups excluding tert-OH is 1. The Morgan fingerprint density at radius 2 is 1.77 bits per heavy atom. The third kappa shape index (κ3) is 5.61. The normalized spacial score (nSPS) is 25.9. The van der Waals surface area contributed by atoms with Gasteiger partial charge in [-0.25, -0.2) is 22.8 Å². The SMILES string of the molecule is C[C@@H](O)[C@H]1C(=O)N2C(C(=O)O)=C(S[C@H]3C[C@@H](C(=O)Nc4cccc(C(=O)O)c4)N(Cc4c(F)cc(F)cc4F)C3)[C@H](C)[C@H]12. The predicted molar refractivity (Wildman–Crippen MR) is 148 cm³/mol. The summed E-state index contributed by atoms with van der Waals surface area (Å²) in [7, 11) is 0. The van der Waals surface area contributed by atoms with Crippen LogP contribution in [0.3, 0.4) is 0 Å². The molecule has 3 aliphatic heterocycles. The van der Waals surface area contributed by atoms with Gasteiger partial charge in [0.15, 0.2) is 0 Å². The first-order valence-corrected chi connectivity index (χ1v) is 14.3. The molecule has 2 fully saturated rings. The number of thioether (sulfide) groups is 1. The number of carboxylic acids is 2. The number of rotatable bonds is 9. The number of halogens is 3. The highest BCUT2D eigenvalue weighted by molar-refractivity contribution is 8.03. The number of aromatic carboxylic acids is 1. The number of carboxylic acid groups (broad SMARTS) is 2. The van der Waals surface area contributed by atoms with Gasteiger partial charge in [0.05, 0.1) is 29.7 Å². The molecule has 5 rings (SSSR count). The molecule has 10 nitrogen and oxygen atoms in total. The Hall–Kier alpha value is -3.88. The molecule has 2 aromatic carbocycles. The number of carbonyl (C=O) groups is 4. The number of anilines is 1. The maximum atomic E-state index is 14.6. The molecule has 0 spiro atoms. The van der Waals surface area contributed by atoms with Gasteiger partial charge in [-0.15, -0.1) is 11.8 Å². The molecular weight excluding hydrogens is 591 g/mol. The Kier molecular flexibility index (Phi) is 8.29. The van der Waals surface area contributed by atoms with Gasteiger partial charge in [-0.3, -0.25) is 14.5 Å². The van der Waals surface area contributed by atoms with Crippen LogP contribution in [0.25, 0.3) is 0 Å². The Morgan fingerprint density at radius 1 is 1.09 bits per heavy atom. The summed E-state index contributed by atoms with van der Waals surface area (Å²) in [5.41, 5.74) is -0.521. The molecule has 14 heteroatoms. The zero-order valence-electron chi connectivity index (χ0n) is 23.0. The van der Waals surface area contributed by atoms with Crippen LogP contribution in [0.1, 0.15) is 36.2 Å². The first kappa shape index (κ1) is 30.6. The molecule has 3 aliphatic rings. The molecule has 0 aromatic heterocycles. The van der Waals surface area contributed by atoms with Crippen molar-refractivity contribution in [3.05, 3.63) is 75.6 Å². The second kappa shape index (κ2) is 11.7. The van der Waals surface area contributed by atoms with Crippen molar-refractivity contribution < 1.29 is 47.7 Å². The summed E-state index contributed by atoms with van der Waals surface area (Å²) in [6, 6.07) is 5.09.